The van der Waals surface area contributed by atoms with Crippen molar-refractivity contribution in [2.24, 2.45) is 0 Å². The van der Waals surface area contributed by atoms with Crippen molar-refractivity contribution in [3.63, 3.8) is 0 Å². The third-order valence-electron chi connectivity index (χ3n) is 1.65. The smallest absolute Gasteiger partial charge is 0.238 e. The number of sulfonamides is 1. The molecular formula is C6H11NO3S2. The van der Waals surface area contributed by atoms with E-state index in [0.717, 1.165) is 4.31 Å². The van der Waals surface area contributed by atoms with Gasteiger partial charge in [0.15, 0.2) is 0 Å². The van der Waals surface area contributed by atoms with Crippen LogP contribution in [0, 0.1) is 0 Å². The molecule has 1 aliphatic rings. The van der Waals surface area contributed by atoms with Gasteiger partial charge < -0.3 is 0 Å². The first-order valence-electron chi connectivity index (χ1n) is 3.60. The lowest BCUT2D eigenvalue weighted by molar-refractivity contribution is -0.126. The molecule has 0 N–H and O–H groups in total. The van der Waals surface area contributed by atoms with Crippen LogP contribution in [0.25, 0.3) is 0 Å². The van der Waals surface area contributed by atoms with Crippen LogP contribution < -0.4 is 0 Å². The summed E-state index contributed by atoms with van der Waals surface area (Å²) in [6, 6.07) is 0. The Morgan fingerprint density at radius 1 is 1.58 bits per heavy atom. The predicted molar refractivity (Wildman–Crippen MR) is 48.2 cm³/mol. The minimum atomic E-state index is -3.27. The fraction of sp³-hybridized carbons (Fsp3) is 0.833. The number of nitrogens with zero attached hydrogens (tertiary/aromatic N) is 1. The molecule has 0 atom stereocenters. The van der Waals surface area contributed by atoms with Gasteiger partial charge in [0, 0.05) is 6.42 Å². The molecule has 1 heterocycles. The Balaban J connectivity index is 2.81. The second kappa shape index (κ2) is 3.66. The van der Waals surface area contributed by atoms with Crippen LogP contribution in [0.5, 0.6) is 0 Å². The van der Waals surface area contributed by atoms with Crippen LogP contribution in [0.2, 0.25) is 0 Å². The average molecular weight is 209 g/mol. The lowest BCUT2D eigenvalue weighted by atomic mass is 10.3. The standard InChI is InChI=1S/C6H11NO3S2/c1-11-5-7-6(8)3-2-4-12(7,9)10/h2-5H2,1H3. The largest absolute Gasteiger partial charge is 0.274 e. The fourth-order valence-corrected chi connectivity index (χ4v) is 3.53. The molecule has 1 saturated heterocycles. The summed E-state index contributed by atoms with van der Waals surface area (Å²) in [6.45, 7) is 0. The van der Waals surface area contributed by atoms with Crippen molar-refractivity contribution in [1.29, 1.82) is 0 Å². The van der Waals surface area contributed by atoms with Crippen molar-refractivity contribution in [3.05, 3.63) is 0 Å². The molecule has 12 heavy (non-hydrogen) atoms. The summed E-state index contributed by atoms with van der Waals surface area (Å²) in [5.74, 6) is 0.0936. The SMILES string of the molecule is CSCN1C(=O)CCCS1(=O)=O. The first-order chi connectivity index (χ1) is 5.58. The number of hydrogen-bond donors (Lipinski definition) is 0. The van der Waals surface area contributed by atoms with Crippen LogP contribution in [0.1, 0.15) is 12.8 Å². The molecule has 0 unspecified atom stereocenters. The molecule has 1 aliphatic heterocycles. The van der Waals surface area contributed by atoms with Gasteiger partial charge in [-0.1, -0.05) is 0 Å². The van der Waals surface area contributed by atoms with Gasteiger partial charge in [-0.3, -0.25) is 4.79 Å². The zero-order chi connectivity index (χ0) is 9.19. The third kappa shape index (κ3) is 1.92. The summed E-state index contributed by atoms with van der Waals surface area (Å²) in [7, 11) is -3.27. The van der Waals surface area contributed by atoms with E-state index in [1.54, 1.807) is 6.26 Å². The van der Waals surface area contributed by atoms with Crippen LogP contribution >= 0.6 is 11.8 Å². The number of rotatable bonds is 2. The third-order valence-corrected chi connectivity index (χ3v) is 4.14. The summed E-state index contributed by atoms with van der Waals surface area (Å²) in [5.41, 5.74) is 0. The monoisotopic (exact) mass is 209 g/mol. The Hall–Kier alpha value is -0.230. The zero-order valence-corrected chi connectivity index (χ0v) is 8.45. The number of thioether (sulfide) groups is 1. The molecule has 70 valence electrons. The molecule has 1 rings (SSSR count). The molecule has 1 fully saturated rings. The first kappa shape index (κ1) is 9.85. The average Bonchev–Trinajstić information content (AvgIpc) is 1.97. The summed E-state index contributed by atoms with van der Waals surface area (Å²) in [4.78, 5) is 11.1. The van der Waals surface area contributed by atoms with E-state index in [1.165, 1.54) is 11.8 Å². The molecule has 4 nitrogen and oxygen atoms in total. The van der Waals surface area contributed by atoms with E-state index < -0.39 is 10.0 Å². The van der Waals surface area contributed by atoms with Gasteiger partial charge in [-0.2, -0.15) is 0 Å². The maximum atomic E-state index is 11.3. The van der Waals surface area contributed by atoms with E-state index in [1.807, 2.05) is 0 Å². The highest BCUT2D eigenvalue weighted by Gasteiger charge is 2.30. The molecule has 1 amide bonds. The van der Waals surface area contributed by atoms with E-state index in [2.05, 4.69) is 0 Å². The van der Waals surface area contributed by atoms with Crippen molar-refractivity contribution in [2.45, 2.75) is 12.8 Å². The van der Waals surface area contributed by atoms with Gasteiger partial charge in [-0.15, -0.1) is 11.8 Å². The van der Waals surface area contributed by atoms with E-state index in [-0.39, 0.29) is 17.5 Å². The van der Waals surface area contributed by atoms with Crippen molar-refractivity contribution in [1.82, 2.24) is 4.31 Å². The van der Waals surface area contributed by atoms with E-state index >= 15 is 0 Å². The maximum Gasteiger partial charge on any atom is 0.238 e. The number of hydrogen-bond acceptors (Lipinski definition) is 4. The lowest BCUT2D eigenvalue weighted by Gasteiger charge is -2.25. The minimum Gasteiger partial charge on any atom is -0.274 e. The zero-order valence-electron chi connectivity index (χ0n) is 6.82. The Morgan fingerprint density at radius 3 is 2.75 bits per heavy atom. The highest BCUT2D eigenvalue weighted by molar-refractivity contribution is 7.99. The summed E-state index contributed by atoms with van der Waals surface area (Å²) < 4.78 is 23.5. The van der Waals surface area contributed by atoms with Gasteiger partial charge in [0.1, 0.15) is 0 Å². The molecule has 0 saturated carbocycles. The van der Waals surface area contributed by atoms with Crippen LogP contribution in [-0.2, 0) is 14.8 Å². The van der Waals surface area contributed by atoms with Crippen molar-refractivity contribution in [2.75, 3.05) is 17.9 Å². The summed E-state index contributed by atoms with van der Waals surface area (Å²) >= 11 is 1.34. The van der Waals surface area contributed by atoms with E-state index in [4.69, 9.17) is 0 Å². The van der Waals surface area contributed by atoms with Crippen molar-refractivity contribution >= 4 is 27.7 Å². The van der Waals surface area contributed by atoms with Crippen molar-refractivity contribution < 1.29 is 13.2 Å². The molecule has 0 aromatic carbocycles. The molecule has 0 aliphatic carbocycles. The van der Waals surface area contributed by atoms with Crippen molar-refractivity contribution in [3.8, 4) is 0 Å². The molecule has 0 radical (unpaired) electrons. The molecular weight excluding hydrogens is 198 g/mol. The Kier molecular flexibility index (Phi) is 3.00. The predicted octanol–water partition coefficient (Wildman–Crippen LogP) is 0.259. The van der Waals surface area contributed by atoms with Gasteiger partial charge >= 0.3 is 0 Å². The van der Waals surface area contributed by atoms with Gasteiger partial charge in [-0.05, 0) is 12.7 Å². The van der Waals surface area contributed by atoms with Gasteiger partial charge in [-0.25, -0.2) is 12.7 Å². The number of carbonyl (C=O) groups is 1. The molecule has 0 bridgehead atoms. The second-order valence-corrected chi connectivity index (χ2v) is 5.43. The highest BCUT2D eigenvalue weighted by atomic mass is 32.2. The summed E-state index contributed by atoms with van der Waals surface area (Å²) in [6.07, 6.45) is 2.60. The minimum absolute atomic E-state index is 0.110. The Bertz CT molecular complexity index is 273. The number of amides is 1. The second-order valence-electron chi connectivity index (χ2n) is 2.58. The maximum absolute atomic E-state index is 11.3. The molecule has 0 aromatic heterocycles. The summed E-state index contributed by atoms with van der Waals surface area (Å²) in [5, 5.41) is 0. The highest BCUT2D eigenvalue weighted by Crippen LogP contribution is 2.16. The van der Waals surface area contributed by atoms with Crippen LogP contribution in [0.4, 0.5) is 0 Å². The Morgan fingerprint density at radius 2 is 2.25 bits per heavy atom. The van der Waals surface area contributed by atoms with Crippen LogP contribution in [0.3, 0.4) is 0 Å². The van der Waals surface area contributed by atoms with E-state index in [9.17, 15) is 13.2 Å². The van der Waals surface area contributed by atoms with Crippen LogP contribution in [0.15, 0.2) is 0 Å². The topological polar surface area (TPSA) is 54.5 Å². The van der Waals surface area contributed by atoms with E-state index in [0.29, 0.717) is 12.8 Å². The fourth-order valence-electron chi connectivity index (χ4n) is 1.07. The lowest BCUT2D eigenvalue weighted by Crippen LogP contribution is -2.41. The normalized spacial score (nSPS) is 22.8. The first-order valence-corrected chi connectivity index (χ1v) is 6.60. The molecule has 0 aromatic rings. The molecule has 6 heteroatoms. The van der Waals surface area contributed by atoms with Gasteiger partial charge in [0.2, 0.25) is 15.9 Å². The van der Waals surface area contributed by atoms with Gasteiger partial charge in [0.25, 0.3) is 0 Å². The number of carbonyl (C=O) groups excluding carboxylic acids is 1. The van der Waals surface area contributed by atoms with Crippen LogP contribution in [-0.4, -0.2) is 36.5 Å². The van der Waals surface area contributed by atoms with Gasteiger partial charge in [0.05, 0.1) is 11.6 Å². The quantitative estimate of drug-likeness (QED) is 0.654. The Labute approximate surface area is 76.4 Å². The molecule has 0 spiro atoms.